The summed E-state index contributed by atoms with van der Waals surface area (Å²) in [6.45, 7) is 6.81. The van der Waals surface area contributed by atoms with E-state index in [0.29, 0.717) is 6.04 Å². The average molecular weight is 283 g/mol. The maximum Gasteiger partial charge on any atom is 0.0346 e. The summed E-state index contributed by atoms with van der Waals surface area (Å²) in [6.07, 6.45) is 0. The third-order valence-electron chi connectivity index (χ3n) is 3.31. The molecule has 2 heterocycles. The van der Waals surface area contributed by atoms with Gasteiger partial charge in [0.05, 0.1) is 0 Å². The van der Waals surface area contributed by atoms with Gasteiger partial charge in [0.25, 0.3) is 0 Å². The number of halogens is 1. The zero-order valence-corrected chi connectivity index (χ0v) is 12.2. The smallest absolute Gasteiger partial charge is 0.0346 e. The maximum absolute atomic E-state index is 3.49. The number of benzene rings is 1. The fourth-order valence-electron chi connectivity index (χ4n) is 2.49. The number of hydrogen-bond donors (Lipinski definition) is 1. The molecule has 1 fully saturated rings. The fraction of sp³-hybridized carbons (Fsp3) is 0.429. The monoisotopic (exact) mass is 282 g/mol. The quantitative estimate of drug-likeness (QED) is 0.910. The molecule has 1 aromatic heterocycles. The van der Waals surface area contributed by atoms with Crippen LogP contribution in [0.4, 0.5) is 0 Å². The van der Waals surface area contributed by atoms with Crippen LogP contribution in [-0.4, -0.2) is 30.6 Å². The van der Waals surface area contributed by atoms with Crippen molar-refractivity contribution in [2.45, 2.75) is 19.5 Å². The van der Waals surface area contributed by atoms with Crippen LogP contribution in [0, 0.1) is 0 Å². The van der Waals surface area contributed by atoms with E-state index in [4.69, 9.17) is 0 Å². The number of fused-ring (bicyclic) bond motifs is 1. The van der Waals surface area contributed by atoms with Gasteiger partial charge in [0.15, 0.2) is 0 Å². The van der Waals surface area contributed by atoms with Crippen molar-refractivity contribution >= 4 is 33.8 Å². The van der Waals surface area contributed by atoms with Gasteiger partial charge >= 0.3 is 0 Å². The lowest BCUT2D eigenvalue weighted by atomic mass is 10.2. The molecule has 0 amide bonds. The van der Waals surface area contributed by atoms with Gasteiger partial charge in [0.1, 0.15) is 0 Å². The number of nitrogens with zero attached hydrogens (tertiary/aromatic N) is 1. The molecule has 18 heavy (non-hydrogen) atoms. The highest BCUT2D eigenvalue weighted by atomic mass is 35.5. The number of piperazine rings is 1. The molecule has 1 aliphatic rings. The summed E-state index contributed by atoms with van der Waals surface area (Å²) in [6, 6.07) is 11.6. The first-order chi connectivity index (χ1) is 8.31. The van der Waals surface area contributed by atoms with Gasteiger partial charge in [0, 0.05) is 41.8 Å². The third-order valence-corrected chi connectivity index (χ3v) is 4.41. The predicted octanol–water partition coefficient (Wildman–Crippen LogP) is 3.12. The summed E-state index contributed by atoms with van der Waals surface area (Å²) in [5.41, 5.74) is 0. The summed E-state index contributed by atoms with van der Waals surface area (Å²) in [4.78, 5) is 4.03. The second-order valence-electron chi connectivity index (χ2n) is 4.84. The predicted molar refractivity (Wildman–Crippen MR) is 81.8 cm³/mol. The molecular formula is C14H19ClN2S. The maximum atomic E-state index is 3.49. The van der Waals surface area contributed by atoms with E-state index in [-0.39, 0.29) is 12.4 Å². The van der Waals surface area contributed by atoms with Crippen molar-refractivity contribution in [3.63, 3.8) is 0 Å². The van der Waals surface area contributed by atoms with Crippen molar-refractivity contribution in [2.24, 2.45) is 0 Å². The van der Waals surface area contributed by atoms with E-state index in [1.807, 2.05) is 11.3 Å². The van der Waals surface area contributed by atoms with Gasteiger partial charge in [-0.2, -0.15) is 0 Å². The van der Waals surface area contributed by atoms with E-state index in [2.05, 4.69) is 47.5 Å². The normalized spacial score (nSPS) is 20.8. The first-order valence-electron chi connectivity index (χ1n) is 6.24. The Balaban J connectivity index is 0.00000120. The molecule has 2 aromatic rings. The number of rotatable bonds is 2. The minimum atomic E-state index is 0. The van der Waals surface area contributed by atoms with Crippen LogP contribution >= 0.6 is 23.7 Å². The van der Waals surface area contributed by atoms with E-state index in [1.165, 1.54) is 21.5 Å². The lowest BCUT2D eigenvalue weighted by Crippen LogP contribution is -2.48. The van der Waals surface area contributed by atoms with Crippen LogP contribution in [0.15, 0.2) is 30.3 Å². The van der Waals surface area contributed by atoms with E-state index in [9.17, 15) is 0 Å². The second kappa shape index (κ2) is 6.02. The van der Waals surface area contributed by atoms with Crippen LogP contribution in [-0.2, 0) is 6.54 Å². The molecular weight excluding hydrogens is 264 g/mol. The summed E-state index contributed by atoms with van der Waals surface area (Å²) in [5, 5.41) is 4.87. The second-order valence-corrected chi connectivity index (χ2v) is 6.01. The SMILES string of the molecule is C[C@H]1CN(Cc2cc3ccccc3s2)CCN1.Cl. The number of nitrogens with one attached hydrogen (secondary N) is 1. The Morgan fingerprint density at radius 1 is 1.39 bits per heavy atom. The molecule has 0 saturated carbocycles. The molecule has 0 bridgehead atoms. The van der Waals surface area contributed by atoms with Gasteiger partial charge < -0.3 is 5.32 Å². The summed E-state index contributed by atoms with van der Waals surface area (Å²) in [7, 11) is 0. The average Bonchev–Trinajstić information content (AvgIpc) is 2.71. The minimum absolute atomic E-state index is 0. The van der Waals surface area contributed by atoms with Crippen molar-refractivity contribution in [2.75, 3.05) is 19.6 Å². The lowest BCUT2D eigenvalue weighted by Gasteiger charge is -2.31. The molecule has 2 nitrogen and oxygen atoms in total. The third kappa shape index (κ3) is 3.04. The Morgan fingerprint density at radius 3 is 3.00 bits per heavy atom. The summed E-state index contributed by atoms with van der Waals surface area (Å²) >= 11 is 1.93. The van der Waals surface area contributed by atoms with Crippen molar-refractivity contribution in [3.05, 3.63) is 35.2 Å². The van der Waals surface area contributed by atoms with E-state index < -0.39 is 0 Å². The topological polar surface area (TPSA) is 15.3 Å². The molecule has 1 aromatic carbocycles. The van der Waals surface area contributed by atoms with Crippen molar-refractivity contribution in [1.29, 1.82) is 0 Å². The minimum Gasteiger partial charge on any atom is -0.312 e. The molecule has 0 aliphatic carbocycles. The number of hydrogen-bond acceptors (Lipinski definition) is 3. The Bertz CT molecular complexity index is 478. The van der Waals surface area contributed by atoms with Gasteiger partial charge in [-0.3, -0.25) is 4.90 Å². The van der Waals surface area contributed by atoms with Crippen molar-refractivity contribution in [1.82, 2.24) is 10.2 Å². The molecule has 98 valence electrons. The largest absolute Gasteiger partial charge is 0.312 e. The van der Waals surface area contributed by atoms with Gasteiger partial charge in [-0.05, 0) is 24.4 Å². The molecule has 1 N–H and O–H groups in total. The molecule has 1 aliphatic heterocycles. The Labute approximate surface area is 118 Å². The van der Waals surface area contributed by atoms with E-state index >= 15 is 0 Å². The molecule has 4 heteroatoms. The fourth-order valence-corrected chi connectivity index (χ4v) is 3.60. The van der Waals surface area contributed by atoms with Crippen LogP contribution in [0.2, 0.25) is 0 Å². The Hall–Kier alpha value is -0.610. The zero-order chi connectivity index (χ0) is 11.7. The number of thiophene rings is 1. The standard InChI is InChI=1S/C14H18N2S.ClH/c1-11-9-16(7-6-15-11)10-13-8-12-4-2-3-5-14(12)17-13;/h2-5,8,11,15H,6-7,9-10H2,1H3;1H/t11-;/m0./s1. The highest BCUT2D eigenvalue weighted by molar-refractivity contribution is 7.19. The first-order valence-corrected chi connectivity index (χ1v) is 7.06. The zero-order valence-electron chi connectivity index (χ0n) is 10.6. The van der Waals surface area contributed by atoms with E-state index in [1.54, 1.807) is 0 Å². The highest BCUT2D eigenvalue weighted by Crippen LogP contribution is 2.26. The van der Waals surface area contributed by atoms with Gasteiger partial charge in [-0.15, -0.1) is 23.7 Å². The first kappa shape index (κ1) is 13.8. The Kier molecular flexibility index (Phi) is 4.62. The van der Waals surface area contributed by atoms with Gasteiger partial charge in [-0.1, -0.05) is 18.2 Å². The molecule has 1 saturated heterocycles. The Morgan fingerprint density at radius 2 is 2.22 bits per heavy atom. The van der Waals surface area contributed by atoms with Crippen LogP contribution < -0.4 is 5.32 Å². The summed E-state index contributed by atoms with van der Waals surface area (Å²) in [5.74, 6) is 0. The molecule has 0 unspecified atom stereocenters. The lowest BCUT2D eigenvalue weighted by molar-refractivity contribution is 0.201. The highest BCUT2D eigenvalue weighted by Gasteiger charge is 2.16. The van der Waals surface area contributed by atoms with Crippen LogP contribution in [0.25, 0.3) is 10.1 Å². The van der Waals surface area contributed by atoms with Crippen LogP contribution in [0.1, 0.15) is 11.8 Å². The van der Waals surface area contributed by atoms with Gasteiger partial charge in [-0.25, -0.2) is 0 Å². The van der Waals surface area contributed by atoms with Crippen molar-refractivity contribution in [3.8, 4) is 0 Å². The van der Waals surface area contributed by atoms with Crippen LogP contribution in [0.5, 0.6) is 0 Å². The van der Waals surface area contributed by atoms with Gasteiger partial charge in [0.2, 0.25) is 0 Å². The van der Waals surface area contributed by atoms with Crippen LogP contribution in [0.3, 0.4) is 0 Å². The molecule has 3 rings (SSSR count). The molecule has 0 radical (unpaired) electrons. The van der Waals surface area contributed by atoms with E-state index in [0.717, 1.165) is 19.6 Å². The summed E-state index contributed by atoms with van der Waals surface area (Å²) < 4.78 is 1.41. The molecule has 1 atom stereocenters. The van der Waals surface area contributed by atoms with Crippen molar-refractivity contribution < 1.29 is 0 Å². The molecule has 0 spiro atoms.